The van der Waals surface area contributed by atoms with Crippen molar-refractivity contribution in [3.63, 3.8) is 0 Å². The van der Waals surface area contributed by atoms with Gasteiger partial charge < -0.3 is 9.84 Å². The first kappa shape index (κ1) is 15.9. The van der Waals surface area contributed by atoms with Gasteiger partial charge in [-0.15, -0.1) is 0 Å². The summed E-state index contributed by atoms with van der Waals surface area (Å²) in [5.74, 6) is 6.97. The van der Waals surface area contributed by atoms with Gasteiger partial charge in [-0.1, -0.05) is 43.7 Å². The smallest absolute Gasteiger partial charge is 0.134 e. The van der Waals surface area contributed by atoms with Crippen molar-refractivity contribution in [2.75, 3.05) is 7.11 Å². The van der Waals surface area contributed by atoms with Gasteiger partial charge in [0.1, 0.15) is 11.4 Å². The van der Waals surface area contributed by atoms with Crippen LogP contribution in [-0.2, 0) is 0 Å². The average Bonchev–Trinajstić information content (AvgIpc) is 2.36. The zero-order chi connectivity index (χ0) is 14.5. The Balaban J connectivity index is 2.96. The molecule has 0 bridgehead atoms. The largest absolute Gasteiger partial charge is 0.495 e. The molecule has 1 rings (SSSR count). The van der Waals surface area contributed by atoms with E-state index in [0.29, 0.717) is 28.7 Å². The summed E-state index contributed by atoms with van der Waals surface area (Å²) in [5.41, 5.74) is -0.303. The molecular weight excluding hydrogens is 260 g/mol. The SMILES string of the molecule is CCC(C)CC(C)(O)C#Cc1cc(Cl)ccc1OC. The third kappa shape index (κ3) is 5.14. The summed E-state index contributed by atoms with van der Waals surface area (Å²) in [7, 11) is 1.59. The van der Waals surface area contributed by atoms with Gasteiger partial charge in [0.05, 0.1) is 12.7 Å². The Bertz CT molecular complexity index is 483. The highest BCUT2D eigenvalue weighted by Crippen LogP contribution is 2.23. The van der Waals surface area contributed by atoms with Crippen LogP contribution in [0.4, 0.5) is 0 Å². The highest BCUT2D eigenvalue weighted by atomic mass is 35.5. The predicted octanol–water partition coefficient (Wildman–Crippen LogP) is 3.89. The lowest BCUT2D eigenvalue weighted by molar-refractivity contribution is 0.0939. The molecule has 2 nitrogen and oxygen atoms in total. The van der Waals surface area contributed by atoms with Crippen LogP contribution in [-0.4, -0.2) is 17.8 Å². The van der Waals surface area contributed by atoms with E-state index >= 15 is 0 Å². The summed E-state index contributed by atoms with van der Waals surface area (Å²) < 4.78 is 5.23. The van der Waals surface area contributed by atoms with Crippen LogP contribution in [0.2, 0.25) is 5.02 Å². The van der Waals surface area contributed by atoms with Crippen LogP contribution in [0.1, 0.15) is 39.2 Å². The molecule has 0 saturated heterocycles. The van der Waals surface area contributed by atoms with Crippen LogP contribution >= 0.6 is 11.6 Å². The zero-order valence-corrected chi connectivity index (χ0v) is 12.7. The summed E-state index contributed by atoms with van der Waals surface area (Å²) in [6.07, 6.45) is 1.68. The van der Waals surface area contributed by atoms with E-state index in [9.17, 15) is 5.11 Å². The second-order valence-corrected chi connectivity index (χ2v) is 5.52. The number of hydrogen-bond acceptors (Lipinski definition) is 2. The predicted molar refractivity (Wildman–Crippen MR) is 79.6 cm³/mol. The fourth-order valence-corrected chi connectivity index (χ4v) is 2.03. The molecule has 0 aromatic heterocycles. The molecule has 0 fully saturated rings. The molecule has 1 aromatic carbocycles. The molecule has 2 unspecified atom stereocenters. The van der Waals surface area contributed by atoms with E-state index in [2.05, 4.69) is 25.7 Å². The van der Waals surface area contributed by atoms with Gasteiger partial charge in [-0.25, -0.2) is 0 Å². The Morgan fingerprint density at radius 2 is 2.16 bits per heavy atom. The first-order valence-corrected chi connectivity index (χ1v) is 6.85. The van der Waals surface area contributed by atoms with Crippen LogP contribution in [0.5, 0.6) is 5.75 Å². The van der Waals surface area contributed by atoms with Gasteiger partial charge in [-0.2, -0.15) is 0 Å². The van der Waals surface area contributed by atoms with Crippen LogP contribution in [0.3, 0.4) is 0 Å². The number of ether oxygens (including phenoxy) is 1. The van der Waals surface area contributed by atoms with E-state index in [1.54, 1.807) is 32.2 Å². The Morgan fingerprint density at radius 1 is 1.47 bits per heavy atom. The summed E-state index contributed by atoms with van der Waals surface area (Å²) in [4.78, 5) is 0. The van der Waals surface area contributed by atoms with Gasteiger partial charge in [0.2, 0.25) is 0 Å². The molecule has 19 heavy (non-hydrogen) atoms. The molecule has 1 aromatic rings. The molecule has 1 N–H and O–H groups in total. The standard InChI is InChI=1S/C16H21ClO2/c1-5-12(2)11-16(3,18)9-8-13-10-14(17)6-7-15(13)19-4/h6-7,10,12,18H,5,11H2,1-4H3. The fourth-order valence-electron chi connectivity index (χ4n) is 1.85. The monoisotopic (exact) mass is 280 g/mol. The van der Waals surface area contributed by atoms with E-state index in [1.807, 2.05) is 0 Å². The van der Waals surface area contributed by atoms with Crippen molar-refractivity contribution >= 4 is 11.6 Å². The van der Waals surface area contributed by atoms with Gasteiger partial charge in [-0.3, -0.25) is 0 Å². The maximum absolute atomic E-state index is 10.3. The topological polar surface area (TPSA) is 29.5 Å². The first-order valence-electron chi connectivity index (χ1n) is 6.47. The van der Waals surface area contributed by atoms with Crippen molar-refractivity contribution in [1.82, 2.24) is 0 Å². The molecule has 0 amide bonds. The molecule has 0 radical (unpaired) electrons. The maximum Gasteiger partial charge on any atom is 0.134 e. The van der Waals surface area contributed by atoms with Gasteiger partial charge in [0.15, 0.2) is 0 Å². The normalized spacial score (nSPS) is 15.1. The van der Waals surface area contributed by atoms with E-state index in [-0.39, 0.29) is 0 Å². The summed E-state index contributed by atoms with van der Waals surface area (Å²) in [5, 5.41) is 10.9. The third-order valence-electron chi connectivity index (χ3n) is 3.07. The van der Waals surface area contributed by atoms with E-state index in [0.717, 1.165) is 6.42 Å². The first-order chi connectivity index (χ1) is 8.88. The Labute approximate surface area is 120 Å². The van der Waals surface area contributed by atoms with Gasteiger partial charge in [-0.05, 0) is 37.5 Å². The van der Waals surface area contributed by atoms with Crippen molar-refractivity contribution in [1.29, 1.82) is 0 Å². The van der Waals surface area contributed by atoms with Crippen LogP contribution in [0, 0.1) is 17.8 Å². The van der Waals surface area contributed by atoms with Gasteiger partial charge >= 0.3 is 0 Å². The van der Waals surface area contributed by atoms with E-state index in [4.69, 9.17) is 16.3 Å². The number of methoxy groups -OCH3 is 1. The summed E-state index contributed by atoms with van der Waals surface area (Å²) >= 11 is 5.94. The van der Waals surface area contributed by atoms with Crippen molar-refractivity contribution < 1.29 is 9.84 Å². The number of rotatable bonds is 4. The molecule has 3 heteroatoms. The summed E-state index contributed by atoms with van der Waals surface area (Å²) in [6.45, 7) is 5.95. The molecular formula is C16H21ClO2. The van der Waals surface area contributed by atoms with Gasteiger partial charge in [0.25, 0.3) is 0 Å². The highest BCUT2D eigenvalue weighted by molar-refractivity contribution is 6.30. The quantitative estimate of drug-likeness (QED) is 0.848. The van der Waals surface area contributed by atoms with Crippen molar-refractivity contribution in [2.24, 2.45) is 5.92 Å². The lowest BCUT2D eigenvalue weighted by atomic mass is 9.92. The molecule has 0 spiro atoms. The molecule has 0 heterocycles. The average molecular weight is 281 g/mol. The molecule has 2 atom stereocenters. The van der Waals surface area contributed by atoms with Gasteiger partial charge in [0, 0.05) is 5.02 Å². The number of aliphatic hydroxyl groups is 1. The molecule has 104 valence electrons. The maximum atomic E-state index is 10.3. The number of hydrogen-bond donors (Lipinski definition) is 1. The lowest BCUT2D eigenvalue weighted by Crippen LogP contribution is -2.24. The van der Waals surface area contributed by atoms with Crippen molar-refractivity contribution in [3.8, 4) is 17.6 Å². The third-order valence-corrected chi connectivity index (χ3v) is 3.31. The minimum absolute atomic E-state index is 0.436. The lowest BCUT2D eigenvalue weighted by Gasteiger charge is -2.20. The minimum Gasteiger partial charge on any atom is -0.495 e. The molecule has 0 aliphatic rings. The van der Waals surface area contributed by atoms with E-state index in [1.165, 1.54) is 0 Å². The Hall–Kier alpha value is -1.17. The Kier molecular flexibility index (Phi) is 5.72. The van der Waals surface area contributed by atoms with Crippen LogP contribution in [0.15, 0.2) is 18.2 Å². The number of halogens is 1. The van der Waals surface area contributed by atoms with E-state index < -0.39 is 5.60 Å². The minimum atomic E-state index is -0.997. The fraction of sp³-hybridized carbons (Fsp3) is 0.500. The molecule has 0 saturated carbocycles. The Morgan fingerprint density at radius 3 is 2.74 bits per heavy atom. The van der Waals surface area contributed by atoms with Crippen LogP contribution in [0.25, 0.3) is 0 Å². The highest BCUT2D eigenvalue weighted by Gasteiger charge is 2.19. The molecule has 0 aliphatic carbocycles. The molecule has 0 aliphatic heterocycles. The second kappa shape index (κ2) is 6.84. The van der Waals surface area contributed by atoms with Crippen molar-refractivity contribution in [3.05, 3.63) is 28.8 Å². The van der Waals surface area contributed by atoms with Crippen molar-refractivity contribution in [2.45, 2.75) is 39.2 Å². The second-order valence-electron chi connectivity index (χ2n) is 5.09. The summed E-state index contributed by atoms with van der Waals surface area (Å²) in [6, 6.07) is 5.27. The zero-order valence-electron chi connectivity index (χ0n) is 12.0. The van der Waals surface area contributed by atoms with Crippen LogP contribution < -0.4 is 4.74 Å². The number of benzene rings is 1.